The SMILES string of the molecule is CN(C)C(=O)C(N1CCN(CCCCCOc2ccc3c(c2)nnn3-c2ccc(Cl)cc2)CC1)N1CCN(CCCCCOc2ccc3c(c2)nnn3-c2ccc(Cl)cc2)CC1. The molecule has 2 aliphatic rings. The summed E-state index contributed by atoms with van der Waals surface area (Å²) in [5.41, 5.74) is 5.26. The van der Waals surface area contributed by atoms with E-state index in [0.717, 1.165) is 149 Å². The maximum atomic E-state index is 13.6. The molecular weight excluding hydrogens is 825 g/mol. The zero-order valence-electron chi connectivity index (χ0n) is 35.8. The number of rotatable bonds is 19. The van der Waals surface area contributed by atoms with Gasteiger partial charge >= 0.3 is 0 Å². The summed E-state index contributed by atoms with van der Waals surface area (Å²) in [6, 6.07) is 27.0. The molecule has 2 aliphatic heterocycles. The maximum absolute atomic E-state index is 13.6. The highest BCUT2D eigenvalue weighted by atomic mass is 35.5. The summed E-state index contributed by atoms with van der Waals surface area (Å²) in [5.74, 6) is 1.80. The van der Waals surface area contributed by atoms with Gasteiger partial charge in [-0.05, 0) is 124 Å². The van der Waals surface area contributed by atoms with Crippen molar-refractivity contribution in [3.05, 3.63) is 95.0 Å². The lowest BCUT2D eigenvalue weighted by molar-refractivity contribution is -0.145. The molecule has 0 bridgehead atoms. The van der Waals surface area contributed by atoms with Crippen LogP contribution in [0.3, 0.4) is 0 Å². The Labute approximate surface area is 373 Å². The van der Waals surface area contributed by atoms with Crippen molar-refractivity contribution in [2.45, 2.75) is 44.7 Å². The first kappa shape index (κ1) is 43.8. The molecule has 0 unspecified atom stereocenters. The van der Waals surface area contributed by atoms with Gasteiger partial charge in [0.1, 0.15) is 28.7 Å². The second-order valence-corrected chi connectivity index (χ2v) is 17.3. The van der Waals surface area contributed by atoms with Crippen molar-refractivity contribution in [3.8, 4) is 22.9 Å². The van der Waals surface area contributed by atoms with Crippen molar-refractivity contribution < 1.29 is 14.3 Å². The summed E-state index contributed by atoms with van der Waals surface area (Å²) in [6.45, 7) is 11.0. The smallest absolute Gasteiger partial charge is 0.254 e. The van der Waals surface area contributed by atoms with Crippen molar-refractivity contribution >= 4 is 51.2 Å². The normalized spacial score (nSPS) is 15.8. The highest BCUT2D eigenvalue weighted by Gasteiger charge is 2.36. The standard InChI is InChI=1S/C46H57Cl2N11O3/c1-53(2)46(60)45(56-27-23-54(24-28-56)21-5-3-7-31-61-39-17-19-43-41(33-39)49-51-58(43)37-13-9-35(47)10-14-37)57-29-25-55(26-30-57)22-6-4-8-32-62-40-18-20-44-42(34-40)50-52-59(44)38-15-11-36(48)12-16-38/h9-20,33-34,45H,3-8,21-32H2,1-2H3. The first-order chi connectivity index (χ1) is 30.3. The number of nitrogens with zero attached hydrogens (tertiary/aromatic N) is 11. The largest absolute Gasteiger partial charge is 0.494 e. The zero-order chi connectivity index (χ0) is 42.8. The van der Waals surface area contributed by atoms with Gasteiger partial charge in [-0.1, -0.05) is 33.6 Å². The summed E-state index contributed by atoms with van der Waals surface area (Å²) in [7, 11) is 3.76. The molecule has 8 rings (SSSR count). The van der Waals surface area contributed by atoms with Crippen LogP contribution in [0.4, 0.5) is 0 Å². The molecule has 0 radical (unpaired) electrons. The van der Waals surface area contributed by atoms with Gasteiger partial charge < -0.3 is 24.2 Å². The fourth-order valence-corrected chi connectivity index (χ4v) is 8.63. The average molecular weight is 883 g/mol. The molecule has 328 valence electrons. The number of benzene rings is 4. The molecule has 14 nitrogen and oxygen atoms in total. The van der Waals surface area contributed by atoms with Gasteiger partial charge in [-0.3, -0.25) is 14.6 Å². The van der Waals surface area contributed by atoms with Gasteiger partial charge in [-0.25, -0.2) is 9.36 Å². The molecule has 0 N–H and O–H groups in total. The van der Waals surface area contributed by atoms with Crippen molar-refractivity contribution in [2.24, 2.45) is 0 Å². The third-order valence-electron chi connectivity index (χ3n) is 11.9. The number of amides is 1. The van der Waals surface area contributed by atoms with Crippen molar-refractivity contribution in [1.29, 1.82) is 0 Å². The summed E-state index contributed by atoms with van der Waals surface area (Å²) >= 11 is 12.1. The van der Waals surface area contributed by atoms with Gasteiger partial charge in [0.15, 0.2) is 0 Å². The van der Waals surface area contributed by atoms with Crippen molar-refractivity contribution in [2.75, 3.05) is 92.8 Å². The van der Waals surface area contributed by atoms with E-state index in [0.29, 0.717) is 23.3 Å². The molecule has 2 saturated heterocycles. The quantitative estimate of drug-likeness (QED) is 0.0792. The summed E-state index contributed by atoms with van der Waals surface area (Å²) in [6.07, 6.45) is 6.23. The minimum absolute atomic E-state index is 0.183. The highest BCUT2D eigenvalue weighted by molar-refractivity contribution is 6.30. The average Bonchev–Trinajstić information content (AvgIpc) is 3.92. The van der Waals surface area contributed by atoms with Crippen molar-refractivity contribution in [1.82, 2.24) is 54.5 Å². The number of hydrogen-bond donors (Lipinski definition) is 0. The van der Waals surface area contributed by atoms with E-state index in [-0.39, 0.29) is 12.1 Å². The number of likely N-dealkylation sites (N-methyl/N-ethyl adjacent to an activating group) is 1. The van der Waals surface area contributed by atoms with Gasteiger partial charge in [0, 0.05) is 88.6 Å². The number of aromatic nitrogens is 6. The Morgan fingerprint density at radius 1 is 0.581 bits per heavy atom. The van der Waals surface area contributed by atoms with E-state index < -0.39 is 0 Å². The van der Waals surface area contributed by atoms with Crippen LogP contribution in [0.15, 0.2) is 84.9 Å². The lowest BCUT2D eigenvalue weighted by Crippen LogP contribution is -2.64. The van der Waals surface area contributed by atoms with E-state index in [4.69, 9.17) is 32.7 Å². The van der Waals surface area contributed by atoms with Gasteiger partial charge in [-0.2, -0.15) is 0 Å². The van der Waals surface area contributed by atoms with Crippen LogP contribution in [0, 0.1) is 0 Å². The first-order valence-corrected chi connectivity index (χ1v) is 22.7. The highest BCUT2D eigenvalue weighted by Crippen LogP contribution is 2.25. The molecule has 2 aromatic heterocycles. The number of fused-ring (bicyclic) bond motifs is 2. The second kappa shape index (κ2) is 21.0. The van der Waals surface area contributed by atoms with Crippen LogP contribution in [-0.4, -0.2) is 159 Å². The molecule has 2 fully saturated rings. The van der Waals surface area contributed by atoms with Crippen LogP contribution in [0.5, 0.6) is 11.5 Å². The van der Waals surface area contributed by atoms with E-state index >= 15 is 0 Å². The fourth-order valence-electron chi connectivity index (χ4n) is 8.38. The van der Waals surface area contributed by atoms with E-state index in [2.05, 4.69) is 40.2 Å². The molecular formula is C46H57Cl2N11O3. The van der Waals surface area contributed by atoms with Gasteiger partial charge in [0.2, 0.25) is 0 Å². The van der Waals surface area contributed by atoms with Crippen LogP contribution < -0.4 is 9.47 Å². The fraction of sp³-hybridized carbons (Fsp3) is 0.457. The van der Waals surface area contributed by atoms with Gasteiger partial charge in [0.05, 0.1) is 35.6 Å². The predicted octanol–water partition coefficient (Wildman–Crippen LogP) is 6.91. The molecule has 6 aromatic rings. The Morgan fingerprint density at radius 3 is 1.40 bits per heavy atom. The first-order valence-electron chi connectivity index (χ1n) is 21.9. The third kappa shape index (κ3) is 11.0. The maximum Gasteiger partial charge on any atom is 0.254 e. The molecule has 4 aromatic carbocycles. The predicted molar refractivity (Wildman–Crippen MR) is 245 cm³/mol. The molecule has 4 heterocycles. The van der Waals surface area contributed by atoms with Crippen molar-refractivity contribution in [3.63, 3.8) is 0 Å². The Balaban J connectivity index is 0.697. The van der Waals surface area contributed by atoms with Crippen LogP contribution in [0.1, 0.15) is 38.5 Å². The molecule has 0 aliphatic carbocycles. The zero-order valence-corrected chi connectivity index (χ0v) is 37.3. The topological polar surface area (TPSA) is 113 Å². The lowest BCUT2D eigenvalue weighted by atomic mass is 10.2. The number of hydrogen-bond acceptors (Lipinski definition) is 11. The van der Waals surface area contributed by atoms with Crippen LogP contribution in [-0.2, 0) is 4.79 Å². The number of ether oxygens (including phenoxy) is 2. The molecule has 0 atom stereocenters. The van der Waals surface area contributed by atoms with Crippen LogP contribution in [0.25, 0.3) is 33.4 Å². The number of carbonyl (C=O) groups excluding carboxylic acids is 1. The number of carbonyl (C=O) groups is 1. The summed E-state index contributed by atoms with van der Waals surface area (Å²) in [4.78, 5) is 25.3. The minimum atomic E-state index is -0.203. The number of unbranched alkanes of at least 4 members (excludes halogenated alkanes) is 4. The molecule has 1 amide bonds. The Bertz CT molecular complexity index is 2200. The summed E-state index contributed by atoms with van der Waals surface area (Å²) < 4.78 is 15.8. The molecule has 0 spiro atoms. The molecule has 62 heavy (non-hydrogen) atoms. The van der Waals surface area contributed by atoms with E-state index in [1.807, 2.05) is 108 Å². The monoisotopic (exact) mass is 881 g/mol. The van der Waals surface area contributed by atoms with Crippen LogP contribution in [0.2, 0.25) is 10.0 Å². The molecule has 0 saturated carbocycles. The lowest BCUT2D eigenvalue weighted by Gasteiger charge is -2.46. The minimum Gasteiger partial charge on any atom is -0.494 e. The van der Waals surface area contributed by atoms with Crippen LogP contribution >= 0.6 is 23.2 Å². The number of halogens is 2. The van der Waals surface area contributed by atoms with E-state index in [9.17, 15) is 4.79 Å². The second-order valence-electron chi connectivity index (χ2n) is 16.4. The van der Waals surface area contributed by atoms with E-state index in [1.54, 1.807) is 4.90 Å². The van der Waals surface area contributed by atoms with Gasteiger partial charge in [-0.15, -0.1) is 10.2 Å². The Morgan fingerprint density at radius 2 is 1.00 bits per heavy atom. The Kier molecular flexibility index (Phi) is 14.9. The Hall–Kier alpha value is -4.83. The summed E-state index contributed by atoms with van der Waals surface area (Å²) in [5, 5.41) is 18.7. The third-order valence-corrected chi connectivity index (χ3v) is 12.4. The van der Waals surface area contributed by atoms with E-state index in [1.165, 1.54) is 0 Å². The number of piperazine rings is 2. The van der Waals surface area contributed by atoms with Gasteiger partial charge in [0.25, 0.3) is 5.91 Å². The molecule has 16 heteroatoms.